The number of aromatic nitrogens is 3. The van der Waals surface area contributed by atoms with Crippen molar-refractivity contribution in [3.63, 3.8) is 0 Å². The smallest absolute Gasteiger partial charge is 0.255 e. The van der Waals surface area contributed by atoms with Gasteiger partial charge < -0.3 is 10.6 Å². The van der Waals surface area contributed by atoms with Gasteiger partial charge in [-0.05, 0) is 18.1 Å². The number of hydrogen-bond acceptors (Lipinski definition) is 4. The number of amides is 1. The summed E-state index contributed by atoms with van der Waals surface area (Å²) in [6.07, 6.45) is 1.62. The van der Waals surface area contributed by atoms with E-state index in [0.29, 0.717) is 18.7 Å². The molecule has 0 spiro atoms. The van der Waals surface area contributed by atoms with Crippen LogP contribution in [0.5, 0.6) is 0 Å². The molecular formula is C23H23N5O. The highest BCUT2D eigenvalue weighted by Gasteiger charge is 2.19. The molecule has 0 fully saturated rings. The molecule has 2 heterocycles. The van der Waals surface area contributed by atoms with E-state index in [2.05, 4.69) is 32.8 Å². The highest BCUT2D eigenvalue weighted by molar-refractivity contribution is 6.07. The lowest BCUT2D eigenvalue weighted by molar-refractivity contribution is 0.0951. The van der Waals surface area contributed by atoms with Crippen LogP contribution in [0.4, 0.5) is 5.69 Å². The fourth-order valence-electron chi connectivity index (χ4n) is 3.43. The number of aryl methyl sites for hydroxylation is 2. The first-order valence-electron chi connectivity index (χ1n) is 9.55. The molecule has 6 nitrogen and oxygen atoms in total. The number of anilines is 1. The maximum Gasteiger partial charge on any atom is 0.255 e. The van der Waals surface area contributed by atoms with Crippen LogP contribution in [0.1, 0.15) is 27.2 Å². The molecule has 2 aromatic heterocycles. The maximum atomic E-state index is 13.0. The zero-order chi connectivity index (χ0) is 20.2. The van der Waals surface area contributed by atoms with Gasteiger partial charge in [-0.25, -0.2) is 4.98 Å². The van der Waals surface area contributed by atoms with Crippen molar-refractivity contribution in [1.29, 1.82) is 0 Å². The number of carbonyl (C=O) groups is 1. The molecule has 0 bridgehead atoms. The molecule has 29 heavy (non-hydrogen) atoms. The van der Waals surface area contributed by atoms with Crippen LogP contribution in [0.3, 0.4) is 0 Å². The predicted molar refractivity (Wildman–Crippen MR) is 115 cm³/mol. The first kappa shape index (κ1) is 18.7. The van der Waals surface area contributed by atoms with Gasteiger partial charge in [-0.2, -0.15) is 5.10 Å². The highest BCUT2D eigenvalue weighted by Crippen LogP contribution is 2.29. The molecule has 0 saturated heterocycles. The van der Waals surface area contributed by atoms with Crippen LogP contribution >= 0.6 is 0 Å². The van der Waals surface area contributed by atoms with Crippen LogP contribution in [0.25, 0.3) is 11.0 Å². The minimum Gasteiger partial charge on any atom is -0.380 e. The van der Waals surface area contributed by atoms with Gasteiger partial charge in [0.15, 0.2) is 5.65 Å². The molecular weight excluding hydrogens is 362 g/mol. The van der Waals surface area contributed by atoms with Crippen molar-refractivity contribution >= 4 is 22.6 Å². The minimum atomic E-state index is -0.165. The lowest BCUT2D eigenvalue weighted by Gasteiger charge is -2.14. The van der Waals surface area contributed by atoms with E-state index in [4.69, 9.17) is 0 Å². The van der Waals surface area contributed by atoms with Gasteiger partial charge in [0.25, 0.3) is 5.91 Å². The Hall–Kier alpha value is -3.67. The lowest BCUT2D eigenvalue weighted by atomic mass is 10.1. The second-order valence-corrected chi connectivity index (χ2v) is 6.96. The largest absolute Gasteiger partial charge is 0.380 e. The standard InChI is InChI=1S/C23H23N5O/c1-16-20-21(24-13-17-9-5-3-6-10-17)19(15-25-22(20)28(2)27-16)23(29)26-14-18-11-7-4-8-12-18/h3-12,15H,13-14H2,1-2H3,(H,24,25)(H,26,29). The Bertz CT molecular complexity index is 1140. The summed E-state index contributed by atoms with van der Waals surface area (Å²) in [5.41, 5.74) is 5.04. The van der Waals surface area contributed by atoms with Crippen LogP contribution < -0.4 is 10.6 Å². The molecule has 4 aromatic rings. The third kappa shape index (κ3) is 3.96. The number of nitrogens with one attached hydrogen (secondary N) is 2. The molecule has 4 rings (SSSR count). The quantitative estimate of drug-likeness (QED) is 0.529. The van der Waals surface area contributed by atoms with Gasteiger partial charge in [-0.1, -0.05) is 60.7 Å². The lowest BCUT2D eigenvalue weighted by Crippen LogP contribution is -2.24. The second kappa shape index (κ2) is 8.14. The first-order chi connectivity index (χ1) is 14.1. The van der Waals surface area contributed by atoms with E-state index in [1.54, 1.807) is 10.9 Å². The van der Waals surface area contributed by atoms with Gasteiger partial charge in [0, 0.05) is 26.3 Å². The van der Waals surface area contributed by atoms with Crippen LogP contribution in [-0.2, 0) is 20.1 Å². The molecule has 146 valence electrons. The van der Waals surface area contributed by atoms with E-state index in [0.717, 1.165) is 33.5 Å². The molecule has 6 heteroatoms. The average molecular weight is 385 g/mol. The fourth-order valence-corrected chi connectivity index (χ4v) is 3.43. The molecule has 0 aliphatic heterocycles. The summed E-state index contributed by atoms with van der Waals surface area (Å²) in [7, 11) is 1.86. The number of fused-ring (bicyclic) bond motifs is 1. The van der Waals surface area contributed by atoms with Crippen molar-refractivity contribution in [2.45, 2.75) is 20.0 Å². The molecule has 0 aliphatic rings. The maximum absolute atomic E-state index is 13.0. The van der Waals surface area contributed by atoms with Crippen molar-refractivity contribution in [2.24, 2.45) is 7.05 Å². The monoisotopic (exact) mass is 385 g/mol. The van der Waals surface area contributed by atoms with Crippen LogP contribution in [-0.4, -0.2) is 20.7 Å². The van der Waals surface area contributed by atoms with E-state index in [1.807, 2.05) is 62.5 Å². The van der Waals surface area contributed by atoms with E-state index >= 15 is 0 Å². The summed E-state index contributed by atoms with van der Waals surface area (Å²) in [5, 5.41) is 11.8. The highest BCUT2D eigenvalue weighted by atomic mass is 16.1. The summed E-state index contributed by atoms with van der Waals surface area (Å²) >= 11 is 0. The van der Waals surface area contributed by atoms with E-state index < -0.39 is 0 Å². The van der Waals surface area contributed by atoms with Crippen molar-refractivity contribution in [2.75, 3.05) is 5.32 Å². The Morgan fingerprint density at radius 2 is 1.59 bits per heavy atom. The zero-order valence-corrected chi connectivity index (χ0v) is 16.5. The predicted octanol–water partition coefficient (Wildman–Crippen LogP) is 3.82. The van der Waals surface area contributed by atoms with Gasteiger partial charge in [-0.15, -0.1) is 0 Å². The Labute approximate surface area is 169 Å². The Morgan fingerprint density at radius 3 is 2.24 bits per heavy atom. The zero-order valence-electron chi connectivity index (χ0n) is 16.5. The summed E-state index contributed by atoms with van der Waals surface area (Å²) < 4.78 is 1.74. The van der Waals surface area contributed by atoms with Gasteiger partial charge in [0.2, 0.25) is 0 Å². The molecule has 1 amide bonds. The Balaban J connectivity index is 1.66. The van der Waals surface area contributed by atoms with E-state index in [9.17, 15) is 4.79 Å². The molecule has 0 saturated carbocycles. The fraction of sp³-hybridized carbons (Fsp3) is 0.174. The minimum absolute atomic E-state index is 0.165. The number of nitrogens with zero attached hydrogens (tertiary/aromatic N) is 3. The SMILES string of the molecule is Cc1nn(C)c2ncc(C(=O)NCc3ccccc3)c(NCc3ccccc3)c12. The van der Waals surface area contributed by atoms with Crippen LogP contribution in [0, 0.1) is 6.92 Å². The number of hydrogen-bond donors (Lipinski definition) is 2. The second-order valence-electron chi connectivity index (χ2n) is 6.96. The van der Waals surface area contributed by atoms with Gasteiger partial charge in [-0.3, -0.25) is 9.48 Å². The van der Waals surface area contributed by atoms with Crippen molar-refractivity contribution in [1.82, 2.24) is 20.1 Å². The summed E-state index contributed by atoms with van der Waals surface area (Å²) in [6.45, 7) is 3.00. The number of rotatable bonds is 6. The van der Waals surface area contributed by atoms with Crippen molar-refractivity contribution in [3.05, 3.63) is 89.2 Å². The molecule has 0 unspecified atom stereocenters. The van der Waals surface area contributed by atoms with Crippen LogP contribution in [0.15, 0.2) is 66.9 Å². The Morgan fingerprint density at radius 1 is 0.966 bits per heavy atom. The number of carbonyl (C=O) groups excluding carboxylic acids is 1. The molecule has 2 N–H and O–H groups in total. The van der Waals surface area contributed by atoms with E-state index in [1.165, 1.54) is 0 Å². The van der Waals surface area contributed by atoms with E-state index in [-0.39, 0.29) is 5.91 Å². The topological polar surface area (TPSA) is 71.8 Å². The molecule has 2 aromatic carbocycles. The number of benzene rings is 2. The van der Waals surface area contributed by atoms with Crippen LogP contribution in [0.2, 0.25) is 0 Å². The van der Waals surface area contributed by atoms with Crippen molar-refractivity contribution < 1.29 is 4.79 Å². The number of pyridine rings is 1. The molecule has 0 atom stereocenters. The third-order valence-corrected chi connectivity index (χ3v) is 4.88. The van der Waals surface area contributed by atoms with Gasteiger partial charge in [0.1, 0.15) is 0 Å². The summed E-state index contributed by atoms with van der Waals surface area (Å²) in [6, 6.07) is 19.9. The Kier molecular flexibility index (Phi) is 5.24. The summed E-state index contributed by atoms with van der Waals surface area (Å²) in [5.74, 6) is -0.165. The summed E-state index contributed by atoms with van der Waals surface area (Å²) in [4.78, 5) is 17.5. The average Bonchev–Trinajstić information content (AvgIpc) is 3.05. The van der Waals surface area contributed by atoms with Gasteiger partial charge >= 0.3 is 0 Å². The normalized spacial score (nSPS) is 10.8. The van der Waals surface area contributed by atoms with Gasteiger partial charge in [0.05, 0.1) is 22.3 Å². The molecule has 0 aliphatic carbocycles. The van der Waals surface area contributed by atoms with Crippen molar-refractivity contribution in [3.8, 4) is 0 Å². The first-order valence-corrected chi connectivity index (χ1v) is 9.55. The molecule has 0 radical (unpaired) electrons. The third-order valence-electron chi connectivity index (χ3n) is 4.88.